The molecule has 0 saturated heterocycles. The molecule has 0 radical (unpaired) electrons. The molecule has 0 bridgehead atoms. The number of amides is 1. The SMILES string of the molecule is CCCCn1c(SCC(=O)NCCOc2ccc(Cl)cc2)nnc1-c1ccc(OC)cc1. The van der Waals surface area contributed by atoms with Crippen LogP contribution in [-0.4, -0.2) is 46.7 Å². The lowest BCUT2D eigenvalue weighted by Gasteiger charge is -2.10. The number of carbonyl (C=O) groups excluding carboxylic acids is 1. The van der Waals surface area contributed by atoms with Gasteiger partial charge in [-0.05, 0) is 55.0 Å². The highest BCUT2D eigenvalue weighted by molar-refractivity contribution is 7.99. The van der Waals surface area contributed by atoms with E-state index in [0.29, 0.717) is 23.9 Å². The van der Waals surface area contributed by atoms with Gasteiger partial charge in [0.25, 0.3) is 0 Å². The highest BCUT2D eigenvalue weighted by Gasteiger charge is 2.15. The molecule has 0 aliphatic heterocycles. The highest BCUT2D eigenvalue weighted by Crippen LogP contribution is 2.26. The third kappa shape index (κ3) is 6.90. The normalized spacial score (nSPS) is 10.7. The fraction of sp³-hybridized carbons (Fsp3) is 0.348. The minimum atomic E-state index is -0.0780. The first-order chi connectivity index (χ1) is 15.6. The molecule has 0 aliphatic carbocycles. The summed E-state index contributed by atoms with van der Waals surface area (Å²) in [6.45, 7) is 3.74. The Kier molecular flexibility index (Phi) is 9.25. The van der Waals surface area contributed by atoms with Crippen molar-refractivity contribution in [2.45, 2.75) is 31.5 Å². The summed E-state index contributed by atoms with van der Waals surface area (Å²) >= 11 is 7.24. The number of halogens is 1. The quantitative estimate of drug-likeness (QED) is 0.303. The number of rotatable bonds is 12. The maximum absolute atomic E-state index is 12.3. The molecule has 32 heavy (non-hydrogen) atoms. The van der Waals surface area contributed by atoms with Crippen LogP contribution in [0.25, 0.3) is 11.4 Å². The monoisotopic (exact) mass is 474 g/mol. The molecule has 7 nitrogen and oxygen atoms in total. The molecule has 1 amide bonds. The van der Waals surface area contributed by atoms with Crippen molar-refractivity contribution in [1.29, 1.82) is 0 Å². The number of thioether (sulfide) groups is 1. The third-order valence-corrected chi connectivity index (χ3v) is 5.86. The van der Waals surface area contributed by atoms with Crippen molar-refractivity contribution in [2.75, 3.05) is 26.0 Å². The Morgan fingerprint density at radius 3 is 2.50 bits per heavy atom. The Hall–Kier alpha value is -2.71. The van der Waals surface area contributed by atoms with Crippen LogP contribution in [-0.2, 0) is 11.3 Å². The predicted molar refractivity (Wildman–Crippen MR) is 128 cm³/mol. The lowest BCUT2D eigenvalue weighted by molar-refractivity contribution is -0.118. The van der Waals surface area contributed by atoms with Gasteiger partial charge >= 0.3 is 0 Å². The maximum atomic E-state index is 12.3. The molecule has 1 N–H and O–H groups in total. The van der Waals surface area contributed by atoms with Gasteiger partial charge in [-0.15, -0.1) is 10.2 Å². The molecule has 0 fully saturated rings. The first-order valence-electron chi connectivity index (χ1n) is 10.5. The summed E-state index contributed by atoms with van der Waals surface area (Å²) in [5.74, 6) is 2.48. The maximum Gasteiger partial charge on any atom is 0.230 e. The average Bonchev–Trinajstić information content (AvgIpc) is 3.23. The largest absolute Gasteiger partial charge is 0.497 e. The van der Waals surface area contributed by atoms with E-state index in [1.54, 1.807) is 31.4 Å². The van der Waals surface area contributed by atoms with E-state index < -0.39 is 0 Å². The van der Waals surface area contributed by atoms with Crippen molar-refractivity contribution >= 4 is 29.3 Å². The van der Waals surface area contributed by atoms with E-state index in [9.17, 15) is 4.79 Å². The summed E-state index contributed by atoms with van der Waals surface area (Å²) < 4.78 is 12.9. The van der Waals surface area contributed by atoms with Crippen LogP contribution in [0, 0.1) is 0 Å². The zero-order valence-corrected chi connectivity index (χ0v) is 19.8. The summed E-state index contributed by atoms with van der Waals surface area (Å²) in [4.78, 5) is 12.3. The Morgan fingerprint density at radius 2 is 1.81 bits per heavy atom. The molecule has 170 valence electrons. The van der Waals surface area contributed by atoms with Gasteiger partial charge < -0.3 is 19.4 Å². The number of nitrogens with zero attached hydrogens (tertiary/aromatic N) is 3. The molecule has 1 aromatic heterocycles. The minimum absolute atomic E-state index is 0.0780. The molecule has 0 aliphatic rings. The van der Waals surface area contributed by atoms with Gasteiger partial charge in [-0.3, -0.25) is 4.79 Å². The summed E-state index contributed by atoms with van der Waals surface area (Å²) in [6, 6.07) is 14.9. The van der Waals surface area contributed by atoms with Crippen molar-refractivity contribution in [3.05, 3.63) is 53.6 Å². The number of hydrogen-bond acceptors (Lipinski definition) is 6. The number of aromatic nitrogens is 3. The molecule has 2 aromatic carbocycles. The van der Waals surface area contributed by atoms with Crippen LogP contribution in [0.4, 0.5) is 0 Å². The van der Waals surface area contributed by atoms with Crippen molar-refractivity contribution < 1.29 is 14.3 Å². The highest BCUT2D eigenvalue weighted by atomic mass is 35.5. The molecular weight excluding hydrogens is 448 g/mol. The molecule has 0 atom stereocenters. The molecule has 0 unspecified atom stereocenters. The second kappa shape index (κ2) is 12.4. The van der Waals surface area contributed by atoms with Crippen LogP contribution in [0.1, 0.15) is 19.8 Å². The van der Waals surface area contributed by atoms with Crippen molar-refractivity contribution in [3.8, 4) is 22.9 Å². The van der Waals surface area contributed by atoms with E-state index >= 15 is 0 Å². The summed E-state index contributed by atoms with van der Waals surface area (Å²) in [5, 5.41) is 13.0. The molecule has 3 rings (SSSR count). The number of carbonyl (C=O) groups is 1. The van der Waals surface area contributed by atoms with Gasteiger partial charge in [-0.2, -0.15) is 0 Å². The van der Waals surface area contributed by atoms with Gasteiger partial charge in [0.1, 0.15) is 18.1 Å². The zero-order chi connectivity index (χ0) is 22.8. The standard InChI is InChI=1S/C23H27ClN4O3S/c1-3-4-14-28-22(17-5-9-19(30-2)10-6-17)26-27-23(28)32-16-21(29)25-13-15-31-20-11-7-18(24)8-12-20/h5-12H,3-4,13-16H2,1-2H3,(H,25,29). The Morgan fingerprint density at radius 1 is 1.09 bits per heavy atom. The van der Waals surface area contributed by atoms with Crippen LogP contribution >= 0.6 is 23.4 Å². The molecule has 0 spiro atoms. The van der Waals surface area contributed by atoms with Crippen LogP contribution < -0.4 is 14.8 Å². The summed E-state index contributed by atoms with van der Waals surface area (Å²) in [6.07, 6.45) is 2.06. The van der Waals surface area contributed by atoms with E-state index in [4.69, 9.17) is 21.1 Å². The van der Waals surface area contributed by atoms with Crippen LogP contribution in [0.5, 0.6) is 11.5 Å². The van der Waals surface area contributed by atoms with Gasteiger partial charge in [0, 0.05) is 17.1 Å². The van der Waals surface area contributed by atoms with E-state index in [-0.39, 0.29) is 11.7 Å². The first-order valence-corrected chi connectivity index (χ1v) is 11.8. The van der Waals surface area contributed by atoms with E-state index in [0.717, 1.165) is 41.7 Å². The second-order valence-corrected chi connectivity index (χ2v) is 8.36. The number of hydrogen-bond donors (Lipinski definition) is 1. The second-order valence-electron chi connectivity index (χ2n) is 6.98. The first kappa shape index (κ1) is 23.9. The number of unbranched alkanes of at least 4 members (excludes halogenated alkanes) is 1. The van der Waals surface area contributed by atoms with Crippen LogP contribution in [0.2, 0.25) is 5.02 Å². The van der Waals surface area contributed by atoms with Gasteiger partial charge in [0.15, 0.2) is 11.0 Å². The van der Waals surface area contributed by atoms with Gasteiger partial charge in [-0.1, -0.05) is 36.7 Å². The van der Waals surface area contributed by atoms with Gasteiger partial charge in [0.2, 0.25) is 5.91 Å². The smallest absolute Gasteiger partial charge is 0.230 e. The Labute approximate surface area is 197 Å². The van der Waals surface area contributed by atoms with E-state index in [1.165, 1.54) is 11.8 Å². The molecule has 3 aromatic rings. The van der Waals surface area contributed by atoms with Crippen molar-refractivity contribution in [2.24, 2.45) is 0 Å². The number of methoxy groups -OCH3 is 1. The number of benzene rings is 2. The lowest BCUT2D eigenvalue weighted by atomic mass is 10.2. The fourth-order valence-corrected chi connectivity index (χ4v) is 3.86. The fourth-order valence-electron chi connectivity index (χ4n) is 2.94. The average molecular weight is 475 g/mol. The van der Waals surface area contributed by atoms with E-state index in [1.807, 2.05) is 24.3 Å². The van der Waals surface area contributed by atoms with Crippen molar-refractivity contribution in [3.63, 3.8) is 0 Å². The Bertz CT molecular complexity index is 993. The molecule has 1 heterocycles. The molecule has 0 saturated carbocycles. The molecule has 9 heteroatoms. The van der Waals surface area contributed by atoms with Crippen LogP contribution in [0.3, 0.4) is 0 Å². The third-order valence-electron chi connectivity index (χ3n) is 4.64. The molecular formula is C23H27ClN4O3S. The topological polar surface area (TPSA) is 78.3 Å². The Balaban J connectivity index is 1.53. The van der Waals surface area contributed by atoms with Crippen molar-refractivity contribution in [1.82, 2.24) is 20.1 Å². The zero-order valence-electron chi connectivity index (χ0n) is 18.2. The number of ether oxygens (including phenoxy) is 2. The summed E-state index contributed by atoms with van der Waals surface area (Å²) in [5.41, 5.74) is 0.963. The lowest BCUT2D eigenvalue weighted by Crippen LogP contribution is -2.29. The van der Waals surface area contributed by atoms with Crippen LogP contribution in [0.15, 0.2) is 53.7 Å². The predicted octanol–water partition coefficient (Wildman–Crippen LogP) is 4.69. The van der Waals surface area contributed by atoms with Gasteiger partial charge in [0.05, 0.1) is 19.4 Å². The summed E-state index contributed by atoms with van der Waals surface area (Å²) in [7, 11) is 1.64. The minimum Gasteiger partial charge on any atom is -0.497 e. The number of nitrogens with one attached hydrogen (secondary N) is 1. The van der Waals surface area contributed by atoms with Gasteiger partial charge in [-0.25, -0.2) is 0 Å². The van der Waals surface area contributed by atoms with E-state index in [2.05, 4.69) is 27.0 Å².